The Balaban J connectivity index is 2.61. The van der Waals surface area contributed by atoms with E-state index in [9.17, 15) is 14.0 Å². The first-order valence-corrected chi connectivity index (χ1v) is 8.35. The molecule has 1 aromatic heterocycles. The minimum absolute atomic E-state index is 0.192. The number of halogens is 2. The summed E-state index contributed by atoms with van der Waals surface area (Å²) in [6.07, 6.45) is -1.28. The minimum atomic E-state index is -1.28. The highest BCUT2D eigenvalue weighted by Gasteiger charge is 2.23. The van der Waals surface area contributed by atoms with Gasteiger partial charge in [0.1, 0.15) is 24.0 Å². The highest BCUT2D eigenvalue weighted by atomic mass is 79.9. The summed E-state index contributed by atoms with van der Waals surface area (Å²) in [6, 6.07) is 3.33. The Hall–Kier alpha value is -1.76. The Kier molecular flexibility index (Phi) is 5.13. The van der Waals surface area contributed by atoms with Crippen LogP contribution in [0.1, 0.15) is 56.8 Å². The Morgan fingerprint density at radius 2 is 2.00 bits per heavy atom. The van der Waals surface area contributed by atoms with Crippen molar-refractivity contribution in [2.24, 2.45) is 0 Å². The summed E-state index contributed by atoms with van der Waals surface area (Å²) < 4.78 is 21.4. The van der Waals surface area contributed by atoms with Gasteiger partial charge in [-0.15, -0.1) is 0 Å². The van der Waals surface area contributed by atoms with Crippen LogP contribution in [0.4, 0.5) is 4.39 Å². The SMILES string of the molecule is CC(=O)c1nn(CC(=O)OC(C)(C)C)c2c(C(C)F)cc(Br)cc12. The van der Waals surface area contributed by atoms with E-state index >= 15 is 0 Å². The summed E-state index contributed by atoms with van der Waals surface area (Å²) >= 11 is 3.33. The van der Waals surface area contributed by atoms with Crippen LogP contribution in [0.15, 0.2) is 16.6 Å². The van der Waals surface area contributed by atoms with Crippen LogP contribution < -0.4 is 0 Å². The number of esters is 1. The van der Waals surface area contributed by atoms with Gasteiger partial charge in [-0.25, -0.2) is 4.39 Å². The minimum Gasteiger partial charge on any atom is -0.459 e. The van der Waals surface area contributed by atoms with E-state index in [0.717, 1.165) is 0 Å². The fourth-order valence-corrected chi connectivity index (χ4v) is 2.96. The van der Waals surface area contributed by atoms with Crippen LogP contribution in [-0.4, -0.2) is 27.1 Å². The van der Waals surface area contributed by atoms with Gasteiger partial charge in [0.2, 0.25) is 0 Å². The smallest absolute Gasteiger partial charge is 0.328 e. The lowest BCUT2D eigenvalue weighted by molar-refractivity contribution is -0.155. The zero-order valence-electron chi connectivity index (χ0n) is 14.3. The normalized spacial score (nSPS) is 13.1. The molecule has 0 bridgehead atoms. The molecule has 24 heavy (non-hydrogen) atoms. The second-order valence-electron chi connectivity index (χ2n) is 6.66. The van der Waals surface area contributed by atoms with E-state index < -0.39 is 17.7 Å². The Morgan fingerprint density at radius 3 is 2.50 bits per heavy atom. The van der Waals surface area contributed by atoms with Crippen molar-refractivity contribution in [3.05, 3.63) is 27.9 Å². The van der Waals surface area contributed by atoms with Gasteiger partial charge >= 0.3 is 5.97 Å². The number of hydrogen-bond donors (Lipinski definition) is 0. The average Bonchev–Trinajstić information content (AvgIpc) is 2.74. The average molecular weight is 399 g/mol. The molecular formula is C17H20BrFN2O3. The second-order valence-corrected chi connectivity index (χ2v) is 7.57. The number of benzene rings is 1. The summed E-state index contributed by atoms with van der Waals surface area (Å²) in [4.78, 5) is 24.0. The summed E-state index contributed by atoms with van der Waals surface area (Å²) in [5, 5.41) is 4.74. The third-order valence-electron chi connectivity index (χ3n) is 3.30. The van der Waals surface area contributed by atoms with Gasteiger partial charge in [0, 0.05) is 22.3 Å². The number of ether oxygens (including phenoxy) is 1. The topological polar surface area (TPSA) is 61.2 Å². The molecular weight excluding hydrogens is 379 g/mol. The van der Waals surface area contributed by atoms with E-state index in [4.69, 9.17) is 4.74 Å². The van der Waals surface area contributed by atoms with Crippen LogP contribution in [0.25, 0.3) is 10.9 Å². The summed E-state index contributed by atoms with van der Waals surface area (Å²) in [5.74, 6) is -0.749. The first-order chi connectivity index (χ1) is 11.0. The molecule has 130 valence electrons. The van der Waals surface area contributed by atoms with Crippen LogP contribution in [0.3, 0.4) is 0 Å². The molecule has 0 saturated heterocycles. The maximum Gasteiger partial charge on any atom is 0.328 e. The summed E-state index contributed by atoms with van der Waals surface area (Å²) in [7, 11) is 0. The third-order valence-corrected chi connectivity index (χ3v) is 3.76. The summed E-state index contributed by atoms with van der Waals surface area (Å²) in [6.45, 7) is 7.89. The van der Waals surface area contributed by atoms with Crippen LogP contribution in [0.2, 0.25) is 0 Å². The molecule has 0 fully saturated rings. The third kappa shape index (κ3) is 4.01. The molecule has 0 saturated carbocycles. The predicted molar refractivity (Wildman–Crippen MR) is 92.8 cm³/mol. The van der Waals surface area contributed by atoms with Gasteiger partial charge in [0.05, 0.1) is 5.52 Å². The quantitative estimate of drug-likeness (QED) is 0.566. The molecule has 1 aromatic carbocycles. The molecule has 2 rings (SSSR count). The second kappa shape index (κ2) is 6.63. The highest BCUT2D eigenvalue weighted by Crippen LogP contribution is 2.32. The lowest BCUT2D eigenvalue weighted by Gasteiger charge is -2.19. The zero-order chi connectivity index (χ0) is 18.2. The van der Waals surface area contributed by atoms with Crippen LogP contribution in [0, 0.1) is 0 Å². The molecule has 7 heteroatoms. The van der Waals surface area contributed by atoms with Gasteiger partial charge in [-0.3, -0.25) is 14.3 Å². The maximum absolute atomic E-state index is 14.1. The molecule has 1 heterocycles. The Morgan fingerprint density at radius 1 is 1.38 bits per heavy atom. The largest absolute Gasteiger partial charge is 0.459 e. The predicted octanol–water partition coefficient (Wildman–Crippen LogP) is 4.37. The molecule has 0 aliphatic carbocycles. The van der Waals surface area contributed by atoms with Crippen molar-refractivity contribution in [2.45, 2.75) is 52.9 Å². The first kappa shape index (κ1) is 18.6. The number of rotatable bonds is 4. The molecule has 1 unspecified atom stereocenters. The monoisotopic (exact) mass is 398 g/mol. The molecule has 0 radical (unpaired) electrons. The number of hydrogen-bond acceptors (Lipinski definition) is 4. The van der Waals surface area contributed by atoms with E-state index in [1.165, 1.54) is 18.5 Å². The molecule has 0 aliphatic heterocycles. The molecule has 0 amide bonds. The molecule has 2 aromatic rings. The van der Waals surface area contributed by atoms with Crippen LogP contribution >= 0.6 is 15.9 Å². The Labute approximate surface area is 148 Å². The van der Waals surface area contributed by atoms with Crippen LogP contribution in [-0.2, 0) is 16.1 Å². The van der Waals surface area contributed by atoms with Crippen molar-refractivity contribution < 1.29 is 18.7 Å². The lowest BCUT2D eigenvalue weighted by atomic mass is 10.1. The first-order valence-electron chi connectivity index (χ1n) is 7.56. The zero-order valence-corrected chi connectivity index (χ0v) is 15.9. The number of alkyl halides is 1. The van der Waals surface area contributed by atoms with Crippen molar-refractivity contribution in [2.75, 3.05) is 0 Å². The number of Topliss-reactive ketones (excluding diaryl/α,β-unsaturated/α-hetero) is 1. The van der Waals surface area contributed by atoms with Crippen LogP contribution in [0.5, 0.6) is 0 Å². The molecule has 0 aliphatic rings. The Bertz CT molecular complexity index is 806. The van der Waals surface area contributed by atoms with Gasteiger partial charge in [-0.2, -0.15) is 5.10 Å². The van der Waals surface area contributed by atoms with Gasteiger partial charge in [0.25, 0.3) is 0 Å². The van der Waals surface area contributed by atoms with E-state index in [1.807, 2.05) is 0 Å². The van der Waals surface area contributed by atoms with Crippen molar-refractivity contribution in [1.82, 2.24) is 9.78 Å². The van der Waals surface area contributed by atoms with Gasteiger partial charge in [-0.1, -0.05) is 15.9 Å². The fourth-order valence-electron chi connectivity index (χ4n) is 2.49. The summed E-state index contributed by atoms with van der Waals surface area (Å²) in [5.41, 5.74) is 0.367. The van der Waals surface area contributed by atoms with Gasteiger partial charge in [-0.05, 0) is 39.8 Å². The molecule has 1 atom stereocenters. The van der Waals surface area contributed by atoms with Crippen molar-refractivity contribution >= 4 is 38.6 Å². The highest BCUT2D eigenvalue weighted by molar-refractivity contribution is 9.10. The van der Waals surface area contributed by atoms with E-state index in [-0.39, 0.29) is 18.0 Å². The molecule has 0 spiro atoms. The number of nitrogens with zero attached hydrogens (tertiary/aromatic N) is 2. The molecule has 0 N–H and O–H groups in total. The van der Waals surface area contributed by atoms with Crippen molar-refractivity contribution in [3.8, 4) is 0 Å². The fraction of sp³-hybridized carbons (Fsp3) is 0.471. The number of ketones is 1. The van der Waals surface area contributed by atoms with Gasteiger partial charge < -0.3 is 4.74 Å². The van der Waals surface area contributed by atoms with E-state index in [1.54, 1.807) is 32.9 Å². The van der Waals surface area contributed by atoms with Crippen molar-refractivity contribution in [3.63, 3.8) is 0 Å². The number of carbonyl (C=O) groups is 2. The van der Waals surface area contributed by atoms with Gasteiger partial charge in [0.15, 0.2) is 5.78 Å². The van der Waals surface area contributed by atoms with Crippen molar-refractivity contribution in [1.29, 1.82) is 0 Å². The van der Waals surface area contributed by atoms with E-state index in [0.29, 0.717) is 20.9 Å². The number of carbonyl (C=O) groups excluding carboxylic acids is 2. The molecule has 5 nitrogen and oxygen atoms in total. The number of fused-ring (bicyclic) bond motifs is 1. The number of aromatic nitrogens is 2. The van der Waals surface area contributed by atoms with E-state index in [2.05, 4.69) is 21.0 Å². The maximum atomic E-state index is 14.1. The lowest BCUT2D eigenvalue weighted by Crippen LogP contribution is -2.27. The standard InChI is InChI=1S/C17H20BrFN2O3/c1-9(19)12-6-11(18)7-13-15(10(2)22)20-21(16(12)13)8-14(23)24-17(3,4)5/h6-7,9H,8H2,1-5H3.